The summed E-state index contributed by atoms with van der Waals surface area (Å²) in [6, 6.07) is 6.60. The summed E-state index contributed by atoms with van der Waals surface area (Å²) in [5, 5.41) is 0. The molecular formula is C13H20ClNO2S. The molecule has 5 heteroatoms. The predicted molar refractivity (Wildman–Crippen MR) is 75.3 cm³/mol. The number of rotatable bonds is 5. The first-order valence-corrected chi connectivity index (χ1v) is 7.96. The van der Waals surface area contributed by atoms with Gasteiger partial charge in [0.25, 0.3) is 0 Å². The van der Waals surface area contributed by atoms with E-state index in [9.17, 15) is 8.42 Å². The molecule has 1 aromatic rings. The molecule has 1 aromatic carbocycles. The van der Waals surface area contributed by atoms with E-state index in [-0.39, 0.29) is 12.1 Å². The Morgan fingerprint density at radius 2 is 1.50 bits per heavy atom. The summed E-state index contributed by atoms with van der Waals surface area (Å²) in [6.07, 6.45) is 0. The Labute approximate surface area is 115 Å². The number of alkyl halides is 1. The highest BCUT2D eigenvalue weighted by atomic mass is 35.5. The lowest BCUT2D eigenvalue weighted by Gasteiger charge is -2.29. The molecule has 0 amide bonds. The van der Waals surface area contributed by atoms with Gasteiger partial charge in [0, 0.05) is 18.0 Å². The second-order valence-corrected chi connectivity index (χ2v) is 6.91. The summed E-state index contributed by atoms with van der Waals surface area (Å²) >= 11 is 5.70. The largest absolute Gasteiger partial charge is 0.243 e. The quantitative estimate of drug-likeness (QED) is 0.781. The highest BCUT2D eigenvalue weighted by molar-refractivity contribution is 7.89. The van der Waals surface area contributed by atoms with Crippen molar-refractivity contribution in [2.24, 2.45) is 0 Å². The van der Waals surface area contributed by atoms with Gasteiger partial charge in [-0.2, -0.15) is 4.31 Å². The molecule has 0 bridgehead atoms. The third-order valence-electron chi connectivity index (χ3n) is 2.67. The highest BCUT2D eigenvalue weighted by Crippen LogP contribution is 2.21. The van der Waals surface area contributed by atoms with Crippen LogP contribution < -0.4 is 0 Å². The van der Waals surface area contributed by atoms with Crippen molar-refractivity contribution in [3.63, 3.8) is 0 Å². The molecule has 0 aromatic heterocycles. The van der Waals surface area contributed by atoms with Crippen LogP contribution in [0.2, 0.25) is 0 Å². The van der Waals surface area contributed by atoms with Gasteiger partial charge in [0.05, 0.1) is 4.90 Å². The standard InChI is InChI=1S/C13H20ClNO2S/c1-10(2)15(11(3)4)18(16,17)13-7-5-12(9-14)6-8-13/h5-8,10-11H,9H2,1-4H3. The Hall–Kier alpha value is -0.580. The van der Waals surface area contributed by atoms with Gasteiger partial charge in [-0.15, -0.1) is 11.6 Å². The van der Waals surface area contributed by atoms with Gasteiger partial charge in [-0.05, 0) is 45.4 Å². The Balaban J connectivity index is 3.18. The molecule has 0 N–H and O–H groups in total. The van der Waals surface area contributed by atoms with E-state index in [0.717, 1.165) is 5.56 Å². The van der Waals surface area contributed by atoms with E-state index in [2.05, 4.69) is 0 Å². The van der Waals surface area contributed by atoms with Gasteiger partial charge in [-0.25, -0.2) is 8.42 Å². The van der Waals surface area contributed by atoms with E-state index in [1.807, 2.05) is 27.7 Å². The molecule has 3 nitrogen and oxygen atoms in total. The first-order chi connectivity index (χ1) is 8.30. The summed E-state index contributed by atoms with van der Waals surface area (Å²) in [5.74, 6) is 0.387. The van der Waals surface area contributed by atoms with Crippen LogP contribution in [0.25, 0.3) is 0 Å². The number of halogens is 1. The summed E-state index contributed by atoms with van der Waals surface area (Å²) in [7, 11) is -3.43. The number of hydrogen-bond acceptors (Lipinski definition) is 2. The Kier molecular flexibility index (Phi) is 5.20. The molecule has 0 atom stereocenters. The molecule has 0 saturated heterocycles. The van der Waals surface area contributed by atoms with Crippen LogP contribution in [0.4, 0.5) is 0 Å². The molecule has 1 rings (SSSR count). The molecule has 0 heterocycles. The van der Waals surface area contributed by atoms with Gasteiger partial charge >= 0.3 is 0 Å². The number of sulfonamides is 1. The maximum absolute atomic E-state index is 12.5. The fourth-order valence-corrected chi connectivity index (χ4v) is 4.04. The van der Waals surface area contributed by atoms with Crippen LogP contribution in [0.3, 0.4) is 0 Å². The van der Waals surface area contributed by atoms with Crippen molar-refractivity contribution in [3.05, 3.63) is 29.8 Å². The van der Waals surface area contributed by atoms with Crippen LogP contribution in [0.15, 0.2) is 29.2 Å². The van der Waals surface area contributed by atoms with E-state index >= 15 is 0 Å². The number of nitrogens with zero attached hydrogens (tertiary/aromatic N) is 1. The normalized spacial score (nSPS) is 12.7. The minimum Gasteiger partial charge on any atom is -0.207 e. The number of hydrogen-bond donors (Lipinski definition) is 0. The summed E-state index contributed by atoms with van der Waals surface area (Å²) in [4.78, 5) is 0.318. The zero-order chi connectivity index (χ0) is 13.9. The molecular weight excluding hydrogens is 270 g/mol. The van der Waals surface area contributed by atoms with Crippen LogP contribution in [-0.2, 0) is 15.9 Å². The summed E-state index contributed by atoms with van der Waals surface area (Å²) in [6.45, 7) is 7.52. The van der Waals surface area contributed by atoms with Crippen molar-refractivity contribution in [1.29, 1.82) is 0 Å². The SMILES string of the molecule is CC(C)N(C(C)C)S(=O)(=O)c1ccc(CCl)cc1. The van der Waals surface area contributed by atoms with E-state index in [0.29, 0.717) is 10.8 Å². The minimum atomic E-state index is -3.43. The average Bonchev–Trinajstić information content (AvgIpc) is 2.27. The fraction of sp³-hybridized carbons (Fsp3) is 0.538. The molecule has 0 radical (unpaired) electrons. The molecule has 0 aliphatic heterocycles. The Bertz CT molecular complexity index is 472. The number of benzene rings is 1. The molecule has 0 aliphatic rings. The molecule has 102 valence electrons. The van der Waals surface area contributed by atoms with Gasteiger partial charge in [-0.1, -0.05) is 12.1 Å². The molecule has 0 unspecified atom stereocenters. The van der Waals surface area contributed by atoms with Gasteiger partial charge in [0.2, 0.25) is 10.0 Å². The zero-order valence-corrected chi connectivity index (χ0v) is 12.8. The first kappa shape index (κ1) is 15.5. The monoisotopic (exact) mass is 289 g/mol. The van der Waals surface area contributed by atoms with E-state index in [1.54, 1.807) is 24.3 Å². The maximum atomic E-state index is 12.5. The minimum absolute atomic E-state index is 0.0669. The Morgan fingerprint density at radius 1 is 1.06 bits per heavy atom. The first-order valence-electron chi connectivity index (χ1n) is 5.99. The smallest absolute Gasteiger partial charge is 0.207 e. The third-order valence-corrected chi connectivity index (χ3v) is 5.25. The molecule has 0 aliphatic carbocycles. The van der Waals surface area contributed by atoms with Crippen LogP contribution in [-0.4, -0.2) is 24.8 Å². The second kappa shape index (κ2) is 6.04. The predicted octanol–water partition coefficient (Wildman–Crippen LogP) is 3.23. The van der Waals surface area contributed by atoms with Crippen LogP contribution >= 0.6 is 11.6 Å². The molecule has 0 fully saturated rings. The highest BCUT2D eigenvalue weighted by Gasteiger charge is 2.29. The van der Waals surface area contributed by atoms with Crippen molar-refractivity contribution in [1.82, 2.24) is 4.31 Å². The lowest BCUT2D eigenvalue weighted by atomic mass is 10.2. The van der Waals surface area contributed by atoms with Crippen LogP contribution in [0.1, 0.15) is 33.3 Å². The van der Waals surface area contributed by atoms with Gasteiger partial charge in [0.1, 0.15) is 0 Å². The van der Waals surface area contributed by atoms with Crippen molar-refractivity contribution in [2.45, 2.75) is 50.6 Å². The summed E-state index contributed by atoms with van der Waals surface area (Å²) < 4.78 is 26.5. The lowest BCUT2D eigenvalue weighted by molar-refractivity contribution is 0.302. The van der Waals surface area contributed by atoms with Crippen molar-refractivity contribution >= 4 is 21.6 Å². The summed E-state index contributed by atoms with van der Waals surface area (Å²) in [5.41, 5.74) is 0.913. The fourth-order valence-electron chi connectivity index (χ4n) is 2.02. The maximum Gasteiger partial charge on any atom is 0.243 e. The van der Waals surface area contributed by atoms with Crippen molar-refractivity contribution in [2.75, 3.05) is 0 Å². The lowest BCUT2D eigenvalue weighted by Crippen LogP contribution is -2.41. The Morgan fingerprint density at radius 3 is 1.83 bits per heavy atom. The van der Waals surface area contributed by atoms with Crippen molar-refractivity contribution in [3.8, 4) is 0 Å². The van der Waals surface area contributed by atoms with Gasteiger partial charge in [0.15, 0.2) is 0 Å². The molecule has 0 saturated carbocycles. The second-order valence-electron chi connectivity index (χ2n) is 4.80. The zero-order valence-electron chi connectivity index (χ0n) is 11.2. The average molecular weight is 290 g/mol. The van der Waals surface area contributed by atoms with E-state index < -0.39 is 10.0 Å². The van der Waals surface area contributed by atoms with E-state index in [4.69, 9.17) is 11.6 Å². The molecule has 0 spiro atoms. The molecule has 18 heavy (non-hydrogen) atoms. The van der Waals surface area contributed by atoms with Crippen molar-refractivity contribution < 1.29 is 8.42 Å². The van der Waals surface area contributed by atoms with Crippen LogP contribution in [0.5, 0.6) is 0 Å². The van der Waals surface area contributed by atoms with Crippen LogP contribution in [0, 0.1) is 0 Å². The van der Waals surface area contributed by atoms with Gasteiger partial charge < -0.3 is 0 Å². The topological polar surface area (TPSA) is 37.4 Å². The van der Waals surface area contributed by atoms with E-state index in [1.165, 1.54) is 4.31 Å². The third kappa shape index (κ3) is 3.25. The van der Waals surface area contributed by atoms with Gasteiger partial charge in [-0.3, -0.25) is 0 Å².